The van der Waals surface area contributed by atoms with E-state index in [1.54, 1.807) is 0 Å². The van der Waals surface area contributed by atoms with Crippen LogP contribution in [0.25, 0.3) is 0 Å². The Hall–Kier alpha value is -1.79. The van der Waals surface area contributed by atoms with Gasteiger partial charge in [-0.1, -0.05) is 28.4 Å². The van der Waals surface area contributed by atoms with Crippen LogP contribution in [0.5, 0.6) is 0 Å². The molecule has 0 aliphatic heterocycles. The second-order valence-electron chi connectivity index (χ2n) is 3.70. The van der Waals surface area contributed by atoms with Gasteiger partial charge >= 0.3 is 0 Å². The van der Waals surface area contributed by atoms with Crippen molar-refractivity contribution >= 4 is 34.8 Å². The maximum Gasteiger partial charge on any atom is 0.251 e. The number of aromatic nitrogens is 2. The molecule has 19 heavy (non-hydrogen) atoms. The van der Waals surface area contributed by atoms with Crippen molar-refractivity contribution in [1.82, 2.24) is 15.5 Å². The molecule has 1 aromatic heterocycles. The van der Waals surface area contributed by atoms with E-state index in [1.165, 1.54) is 18.5 Å². The number of amides is 1. The number of benzene rings is 1. The molecule has 2 rings (SSSR count). The van der Waals surface area contributed by atoms with Crippen LogP contribution in [0.2, 0.25) is 10.0 Å². The van der Waals surface area contributed by atoms with Crippen molar-refractivity contribution in [2.45, 2.75) is 6.42 Å². The van der Waals surface area contributed by atoms with E-state index in [4.69, 9.17) is 33.5 Å². The topological polar surface area (TPSA) is 94.0 Å². The molecule has 1 amide bonds. The van der Waals surface area contributed by atoms with E-state index in [0.29, 0.717) is 24.4 Å². The average molecular weight is 301 g/mol. The van der Waals surface area contributed by atoms with Crippen molar-refractivity contribution in [2.24, 2.45) is 0 Å². The molecule has 2 aromatic rings. The lowest BCUT2D eigenvalue weighted by atomic mass is 10.2. The fourth-order valence-corrected chi connectivity index (χ4v) is 1.77. The van der Waals surface area contributed by atoms with Gasteiger partial charge in [-0.2, -0.15) is 4.98 Å². The molecule has 8 heteroatoms. The first kappa shape index (κ1) is 13.6. The van der Waals surface area contributed by atoms with Crippen molar-refractivity contribution in [1.29, 1.82) is 0 Å². The molecule has 0 fully saturated rings. The average Bonchev–Trinajstić information content (AvgIpc) is 2.88. The summed E-state index contributed by atoms with van der Waals surface area (Å²) in [6.45, 7) is 0.362. The van der Waals surface area contributed by atoms with Crippen LogP contribution in [-0.2, 0) is 6.42 Å². The van der Waals surface area contributed by atoms with Gasteiger partial charge in [0.15, 0.2) is 6.33 Å². The smallest absolute Gasteiger partial charge is 0.251 e. The van der Waals surface area contributed by atoms with Crippen molar-refractivity contribution in [3.05, 3.63) is 40.0 Å². The Kier molecular flexibility index (Phi) is 4.24. The van der Waals surface area contributed by atoms with Gasteiger partial charge in [0.25, 0.3) is 5.91 Å². The highest BCUT2D eigenvalue weighted by Crippen LogP contribution is 2.29. The molecule has 0 unspecified atom stereocenters. The quantitative estimate of drug-likeness (QED) is 0.841. The van der Waals surface area contributed by atoms with Gasteiger partial charge in [-0.05, 0) is 12.1 Å². The molecule has 0 atom stereocenters. The second kappa shape index (κ2) is 5.90. The molecule has 0 aliphatic rings. The third-order valence-corrected chi connectivity index (χ3v) is 3.17. The van der Waals surface area contributed by atoms with Crippen molar-refractivity contribution in [3.8, 4) is 0 Å². The minimum atomic E-state index is -0.301. The molecule has 0 saturated carbocycles. The molecule has 100 valence electrons. The molecular weight excluding hydrogens is 291 g/mol. The summed E-state index contributed by atoms with van der Waals surface area (Å²) in [6, 6.07) is 2.93. The highest BCUT2D eigenvalue weighted by Gasteiger charge is 2.11. The normalized spacial score (nSPS) is 10.4. The van der Waals surface area contributed by atoms with Crippen molar-refractivity contribution in [2.75, 3.05) is 12.3 Å². The predicted octanol–water partition coefficient (Wildman–Crippen LogP) is 1.93. The van der Waals surface area contributed by atoms with Gasteiger partial charge in [0.1, 0.15) is 0 Å². The van der Waals surface area contributed by atoms with E-state index in [1.807, 2.05) is 0 Å². The Morgan fingerprint density at radius 3 is 2.84 bits per heavy atom. The zero-order valence-corrected chi connectivity index (χ0v) is 11.2. The maximum absolute atomic E-state index is 11.9. The number of anilines is 1. The van der Waals surface area contributed by atoms with Crippen LogP contribution in [0.3, 0.4) is 0 Å². The highest BCUT2D eigenvalue weighted by atomic mass is 35.5. The molecule has 3 N–H and O–H groups in total. The Morgan fingerprint density at radius 2 is 2.21 bits per heavy atom. The summed E-state index contributed by atoms with van der Waals surface area (Å²) in [4.78, 5) is 15.7. The van der Waals surface area contributed by atoms with Gasteiger partial charge in [0.2, 0.25) is 5.89 Å². The Morgan fingerprint density at radius 1 is 1.42 bits per heavy atom. The van der Waals surface area contributed by atoms with Crippen LogP contribution in [0.15, 0.2) is 23.0 Å². The van der Waals surface area contributed by atoms with E-state index in [-0.39, 0.29) is 21.6 Å². The SMILES string of the molecule is Nc1cc(C(=O)NCCc2ncno2)cc(Cl)c1Cl. The molecule has 0 spiro atoms. The summed E-state index contributed by atoms with van der Waals surface area (Å²) >= 11 is 11.7. The summed E-state index contributed by atoms with van der Waals surface area (Å²) in [7, 11) is 0. The number of hydrogen-bond donors (Lipinski definition) is 2. The van der Waals surface area contributed by atoms with Gasteiger partial charge in [0.05, 0.1) is 15.7 Å². The number of halogens is 2. The Balaban J connectivity index is 1.96. The number of hydrogen-bond acceptors (Lipinski definition) is 5. The summed E-state index contributed by atoms with van der Waals surface area (Å²) in [5.41, 5.74) is 6.24. The van der Waals surface area contributed by atoms with Crippen LogP contribution in [0, 0.1) is 0 Å². The summed E-state index contributed by atoms with van der Waals surface area (Å²) in [6.07, 6.45) is 1.75. The van der Waals surface area contributed by atoms with E-state index >= 15 is 0 Å². The summed E-state index contributed by atoms with van der Waals surface area (Å²) in [5, 5.41) is 6.63. The van der Waals surface area contributed by atoms with Crippen LogP contribution >= 0.6 is 23.2 Å². The zero-order valence-electron chi connectivity index (χ0n) is 9.69. The predicted molar refractivity (Wildman–Crippen MR) is 71.2 cm³/mol. The maximum atomic E-state index is 11.9. The third kappa shape index (κ3) is 3.36. The van der Waals surface area contributed by atoms with Gasteiger partial charge in [-0.3, -0.25) is 4.79 Å². The molecule has 0 radical (unpaired) electrons. The van der Waals surface area contributed by atoms with E-state index in [0.717, 1.165) is 0 Å². The number of carbonyl (C=O) groups excluding carboxylic acids is 1. The van der Waals surface area contributed by atoms with Gasteiger partial charge in [-0.15, -0.1) is 0 Å². The fraction of sp³-hybridized carbons (Fsp3) is 0.182. The molecule has 0 aliphatic carbocycles. The minimum absolute atomic E-state index is 0.240. The molecule has 6 nitrogen and oxygen atoms in total. The number of rotatable bonds is 4. The first-order valence-corrected chi connectivity index (χ1v) is 6.12. The molecule has 1 heterocycles. The van der Waals surface area contributed by atoms with E-state index in [2.05, 4.69) is 15.5 Å². The van der Waals surface area contributed by atoms with Crippen LogP contribution in [0.1, 0.15) is 16.2 Å². The Bertz CT molecular complexity index is 563. The largest absolute Gasteiger partial charge is 0.397 e. The standard InChI is InChI=1S/C11H10Cl2N4O2/c12-7-3-6(4-8(14)10(7)13)11(18)15-2-1-9-16-5-17-19-9/h3-5H,1-2,14H2,(H,15,18). The monoisotopic (exact) mass is 300 g/mol. The molecular formula is C11H10Cl2N4O2. The number of nitrogens with two attached hydrogens (primary N) is 1. The van der Waals surface area contributed by atoms with Crippen LogP contribution in [-0.4, -0.2) is 22.6 Å². The number of nitrogens with zero attached hydrogens (tertiary/aromatic N) is 2. The molecule has 0 saturated heterocycles. The zero-order chi connectivity index (χ0) is 13.8. The first-order valence-electron chi connectivity index (χ1n) is 5.36. The number of carbonyl (C=O) groups is 1. The molecule has 0 bridgehead atoms. The highest BCUT2D eigenvalue weighted by molar-refractivity contribution is 6.43. The van der Waals surface area contributed by atoms with Crippen molar-refractivity contribution < 1.29 is 9.32 Å². The van der Waals surface area contributed by atoms with E-state index in [9.17, 15) is 4.79 Å². The van der Waals surface area contributed by atoms with Crippen LogP contribution in [0.4, 0.5) is 5.69 Å². The van der Waals surface area contributed by atoms with Gasteiger partial charge in [0, 0.05) is 18.5 Å². The number of nitrogen functional groups attached to an aromatic ring is 1. The molecule has 1 aromatic carbocycles. The Labute approximate surface area is 118 Å². The third-order valence-electron chi connectivity index (χ3n) is 2.35. The minimum Gasteiger partial charge on any atom is -0.397 e. The number of nitrogens with one attached hydrogen (secondary N) is 1. The van der Waals surface area contributed by atoms with E-state index < -0.39 is 0 Å². The summed E-state index contributed by atoms with van der Waals surface area (Å²) in [5.74, 6) is 0.152. The van der Waals surface area contributed by atoms with Crippen molar-refractivity contribution in [3.63, 3.8) is 0 Å². The second-order valence-corrected chi connectivity index (χ2v) is 4.49. The fourth-order valence-electron chi connectivity index (χ4n) is 1.43. The summed E-state index contributed by atoms with van der Waals surface area (Å²) < 4.78 is 4.80. The lowest BCUT2D eigenvalue weighted by molar-refractivity contribution is 0.0953. The van der Waals surface area contributed by atoms with Gasteiger partial charge in [-0.25, -0.2) is 0 Å². The lowest BCUT2D eigenvalue weighted by Crippen LogP contribution is -2.25. The first-order chi connectivity index (χ1) is 9.08. The van der Waals surface area contributed by atoms with Crippen LogP contribution < -0.4 is 11.1 Å². The van der Waals surface area contributed by atoms with Gasteiger partial charge < -0.3 is 15.6 Å². The lowest BCUT2D eigenvalue weighted by Gasteiger charge is -2.07.